The second-order valence-corrected chi connectivity index (χ2v) is 4.55. The first-order chi connectivity index (χ1) is 9.51. The van der Waals surface area contributed by atoms with E-state index < -0.39 is 42.5 Å². The van der Waals surface area contributed by atoms with Crippen LogP contribution in [0, 0.1) is 11.6 Å². The topological polar surface area (TPSA) is 61.4 Å². The molecule has 0 heterocycles. The number of urea groups is 1. The summed E-state index contributed by atoms with van der Waals surface area (Å²) < 4.78 is 61.9. The van der Waals surface area contributed by atoms with Crippen LogP contribution in [0.25, 0.3) is 0 Å². The summed E-state index contributed by atoms with van der Waals surface area (Å²) in [6.07, 6.45) is -4.57. The van der Waals surface area contributed by atoms with E-state index >= 15 is 0 Å². The summed E-state index contributed by atoms with van der Waals surface area (Å²) in [5.74, 6) is -1.87. The zero-order valence-electron chi connectivity index (χ0n) is 10.9. The first kappa shape index (κ1) is 17.2. The summed E-state index contributed by atoms with van der Waals surface area (Å²) in [5.41, 5.74) is -2.20. The number of hydrogen-bond acceptors (Lipinski definition) is 2. The van der Waals surface area contributed by atoms with Crippen molar-refractivity contribution in [3.05, 3.63) is 35.4 Å². The molecule has 1 rings (SSSR count). The molecule has 0 aliphatic carbocycles. The Morgan fingerprint density at radius 1 is 1.19 bits per heavy atom. The maximum atomic E-state index is 13.5. The van der Waals surface area contributed by atoms with Crippen molar-refractivity contribution in [1.82, 2.24) is 10.6 Å². The van der Waals surface area contributed by atoms with E-state index in [0.717, 1.165) is 19.1 Å². The van der Waals surface area contributed by atoms with E-state index in [1.54, 1.807) is 0 Å². The fraction of sp³-hybridized carbons (Fsp3) is 0.417. The molecule has 118 valence electrons. The Labute approximate surface area is 117 Å². The highest BCUT2D eigenvalue weighted by atomic mass is 19.4. The molecule has 2 amide bonds. The van der Waals surface area contributed by atoms with Gasteiger partial charge < -0.3 is 15.7 Å². The van der Waals surface area contributed by atoms with Crippen LogP contribution >= 0.6 is 0 Å². The van der Waals surface area contributed by atoms with Gasteiger partial charge in [-0.2, -0.15) is 13.2 Å². The minimum absolute atomic E-state index is 0.292. The average molecular weight is 312 g/mol. The van der Waals surface area contributed by atoms with Crippen molar-refractivity contribution in [3.63, 3.8) is 0 Å². The smallest absolute Gasteiger partial charge is 0.383 e. The molecule has 4 nitrogen and oxygen atoms in total. The van der Waals surface area contributed by atoms with Crippen LogP contribution in [0.4, 0.5) is 26.7 Å². The monoisotopic (exact) mass is 312 g/mol. The summed E-state index contributed by atoms with van der Waals surface area (Å²) in [6.45, 7) is -0.960. The maximum absolute atomic E-state index is 13.5. The first-order valence-electron chi connectivity index (χ1n) is 5.77. The highest BCUT2D eigenvalue weighted by Crippen LogP contribution is 2.23. The number of rotatable bonds is 4. The third-order valence-corrected chi connectivity index (χ3v) is 2.55. The highest BCUT2D eigenvalue weighted by molar-refractivity contribution is 5.73. The molecule has 0 saturated carbocycles. The summed E-state index contributed by atoms with van der Waals surface area (Å²) in [4.78, 5) is 11.1. The van der Waals surface area contributed by atoms with Gasteiger partial charge in [0.15, 0.2) is 0 Å². The molecule has 0 saturated heterocycles. The fourth-order valence-corrected chi connectivity index (χ4v) is 1.52. The van der Waals surface area contributed by atoms with Gasteiger partial charge in [-0.25, -0.2) is 13.6 Å². The van der Waals surface area contributed by atoms with Gasteiger partial charge >= 0.3 is 12.2 Å². The number of carbonyl (C=O) groups is 1. The lowest BCUT2D eigenvalue weighted by atomic mass is 9.95. The van der Waals surface area contributed by atoms with Gasteiger partial charge in [0.05, 0.1) is 6.54 Å². The van der Waals surface area contributed by atoms with Crippen LogP contribution in [-0.2, 0) is 5.60 Å². The molecule has 0 aliphatic rings. The molecule has 1 unspecified atom stereocenters. The number of aliphatic hydroxyl groups is 1. The zero-order chi connectivity index (χ0) is 16.3. The van der Waals surface area contributed by atoms with E-state index in [9.17, 15) is 31.9 Å². The van der Waals surface area contributed by atoms with E-state index in [2.05, 4.69) is 0 Å². The summed E-state index contributed by atoms with van der Waals surface area (Å²) in [7, 11) is 0. The lowest BCUT2D eigenvalue weighted by molar-refractivity contribution is -0.122. The molecule has 1 aromatic carbocycles. The minimum Gasteiger partial charge on any atom is -0.383 e. The number of benzene rings is 1. The number of nitrogens with one attached hydrogen (secondary N) is 2. The van der Waals surface area contributed by atoms with Crippen LogP contribution in [0.1, 0.15) is 12.5 Å². The molecular weight excluding hydrogens is 299 g/mol. The van der Waals surface area contributed by atoms with Gasteiger partial charge in [0, 0.05) is 11.6 Å². The predicted octanol–water partition coefficient (Wildman–Crippen LogP) is 2.03. The third kappa shape index (κ3) is 5.54. The van der Waals surface area contributed by atoms with Crippen molar-refractivity contribution < 1.29 is 31.9 Å². The Balaban J connectivity index is 2.62. The zero-order valence-corrected chi connectivity index (χ0v) is 10.9. The Bertz CT molecular complexity index is 517. The van der Waals surface area contributed by atoms with Crippen molar-refractivity contribution in [2.24, 2.45) is 0 Å². The number of alkyl halides is 3. The quantitative estimate of drug-likeness (QED) is 0.745. The Morgan fingerprint density at radius 3 is 2.29 bits per heavy atom. The molecule has 0 aliphatic heterocycles. The van der Waals surface area contributed by atoms with Crippen molar-refractivity contribution in [1.29, 1.82) is 0 Å². The fourth-order valence-electron chi connectivity index (χ4n) is 1.52. The summed E-state index contributed by atoms with van der Waals surface area (Å²) >= 11 is 0. The average Bonchev–Trinajstić information content (AvgIpc) is 2.32. The molecule has 1 aromatic rings. The summed E-state index contributed by atoms with van der Waals surface area (Å²) in [5, 5.41) is 13.5. The van der Waals surface area contributed by atoms with Gasteiger partial charge in [0.2, 0.25) is 0 Å². The highest BCUT2D eigenvalue weighted by Gasteiger charge is 2.30. The van der Waals surface area contributed by atoms with E-state index in [0.29, 0.717) is 6.07 Å². The molecule has 3 N–H and O–H groups in total. The van der Waals surface area contributed by atoms with E-state index in [1.165, 1.54) is 5.32 Å². The van der Waals surface area contributed by atoms with E-state index in [-0.39, 0.29) is 5.56 Å². The van der Waals surface area contributed by atoms with Crippen LogP contribution in [0.3, 0.4) is 0 Å². The van der Waals surface area contributed by atoms with Gasteiger partial charge in [-0.05, 0) is 13.0 Å². The van der Waals surface area contributed by atoms with E-state index in [4.69, 9.17) is 0 Å². The van der Waals surface area contributed by atoms with Crippen molar-refractivity contribution in [3.8, 4) is 0 Å². The molecule has 0 aromatic heterocycles. The Morgan fingerprint density at radius 2 is 1.76 bits per heavy atom. The van der Waals surface area contributed by atoms with Crippen LogP contribution in [0.5, 0.6) is 0 Å². The van der Waals surface area contributed by atoms with Crippen molar-refractivity contribution in [2.75, 3.05) is 13.1 Å². The maximum Gasteiger partial charge on any atom is 0.405 e. The van der Waals surface area contributed by atoms with Crippen LogP contribution in [0.15, 0.2) is 18.2 Å². The van der Waals surface area contributed by atoms with Gasteiger partial charge in [-0.3, -0.25) is 0 Å². The second-order valence-electron chi connectivity index (χ2n) is 4.55. The lowest BCUT2D eigenvalue weighted by Gasteiger charge is -2.24. The molecule has 0 fully saturated rings. The Kier molecular flexibility index (Phi) is 5.10. The largest absolute Gasteiger partial charge is 0.405 e. The van der Waals surface area contributed by atoms with Crippen molar-refractivity contribution in [2.45, 2.75) is 18.7 Å². The predicted molar refractivity (Wildman–Crippen MR) is 63.4 cm³/mol. The minimum atomic E-state index is -4.57. The van der Waals surface area contributed by atoms with Crippen molar-refractivity contribution >= 4 is 6.03 Å². The molecule has 1 atom stereocenters. The van der Waals surface area contributed by atoms with Crippen LogP contribution in [0.2, 0.25) is 0 Å². The number of amides is 2. The molecule has 0 spiro atoms. The Hall–Kier alpha value is -1.90. The molecule has 21 heavy (non-hydrogen) atoms. The van der Waals surface area contributed by atoms with Gasteiger partial charge in [0.1, 0.15) is 23.8 Å². The number of halogens is 5. The second kappa shape index (κ2) is 6.25. The number of hydrogen-bond donors (Lipinski definition) is 3. The molecule has 0 bridgehead atoms. The normalized spacial score (nSPS) is 14.4. The number of carbonyl (C=O) groups excluding carboxylic acids is 1. The first-order valence-corrected chi connectivity index (χ1v) is 5.77. The molecule has 0 radical (unpaired) electrons. The van der Waals surface area contributed by atoms with Gasteiger partial charge in [0.25, 0.3) is 0 Å². The molecule has 9 heteroatoms. The van der Waals surface area contributed by atoms with Gasteiger partial charge in [-0.15, -0.1) is 0 Å². The van der Waals surface area contributed by atoms with Crippen LogP contribution in [-0.4, -0.2) is 30.4 Å². The standard InChI is InChI=1S/C12H13F5N2O2/c1-11(21,8-3-2-7(13)4-9(8)14)5-18-10(20)19-6-12(15,16)17/h2-4,21H,5-6H2,1H3,(H2,18,19,20). The molecular formula is C12H13F5N2O2. The third-order valence-electron chi connectivity index (χ3n) is 2.55. The lowest BCUT2D eigenvalue weighted by Crippen LogP contribution is -2.46. The van der Waals surface area contributed by atoms with Crippen LogP contribution < -0.4 is 10.6 Å². The SMILES string of the molecule is CC(O)(CNC(=O)NCC(F)(F)F)c1ccc(F)cc1F. The van der Waals surface area contributed by atoms with E-state index in [1.807, 2.05) is 5.32 Å². The van der Waals surface area contributed by atoms with Gasteiger partial charge in [-0.1, -0.05) is 6.07 Å². The summed E-state index contributed by atoms with van der Waals surface area (Å²) in [6, 6.07) is 1.28.